The van der Waals surface area contributed by atoms with E-state index in [1.165, 1.54) is 24.5 Å². The van der Waals surface area contributed by atoms with Gasteiger partial charge in [0, 0.05) is 18.0 Å². The third-order valence-corrected chi connectivity index (χ3v) is 3.95. The molecule has 4 rings (SSSR count). The van der Waals surface area contributed by atoms with Crippen LogP contribution in [0.3, 0.4) is 0 Å². The Morgan fingerprint density at radius 3 is 2.48 bits per heavy atom. The molecule has 0 N–H and O–H groups in total. The van der Waals surface area contributed by atoms with Gasteiger partial charge in [0.25, 0.3) is 5.89 Å². The predicted octanol–water partition coefficient (Wildman–Crippen LogP) is 4.50. The number of rotatable bonds is 4. The van der Waals surface area contributed by atoms with Gasteiger partial charge in [0.15, 0.2) is 0 Å². The number of nitrogens with zero attached hydrogens (tertiary/aromatic N) is 5. The first kappa shape index (κ1) is 18.7. The van der Waals surface area contributed by atoms with Crippen molar-refractivity contribution in [1.82, 2.24) is 24.9 Å². The highest BCUT2D eigenvalue weighted by atomic mass is 19.4. The third-order valence-electron chi connectivity index (χ3n) is 3.95. The number of pyridine rings is 1. The molecule has 29 heavy (non-hydrogen) atoms. The molecule has 3 heterocycles. The summed E-state index contributed by atoms with van der Waals surface area (Å²) in [5.41, 5.74) is 0.317. The molecule has 11 heteroatoms. The molecule has 0 unspecified atom stereocenters. The lowest BCUT2D eigenvalue weighted by Gasteiger charge is -2.11. The molecule has 148 valence electrons. The predicted molar refractivity (Wildman–Crippen MR) is 90.2 cm³/mol. The molecule has 0 atom stereocenters. The molecule has 0 aliphatic carbocycles. The first-order valence-electron chi connectivity index (χ1n) is 8.14. The quantitative estimate of drug-likeness (QED) is 0.466. The van der Waals surface area contributed by atoms with Crippen LogP contribution >= 0.6 is 0 Å². The van der Waals surface area contributed by atoms with Crippen LogP contribution in [0.25, 0.3) is 34.1 Å². The van der Waals surface area contributed by atoms with Crippen LogP contribution in [0.1, 0.15) is 0 Å². The number of hydrogen-bond acceptors (Lipinski definition) is 5. The zero-order chi connectivity index (χ0) is 20.6. The lowest BCUT2D eigenvalue weighted by molar-refractivity contribution is -0.142. The Morgan fingerprint density at radius 2 is 1.76 bits per heavy atom. The van der Waals surface area contributed by atoms with E-state index in [0.717, 1.165) is 29.1 Å². The summed E-state index contributed by atoms with van der Waals surface area (Å²) in [6.45, 7) is -1.34. The third kappa shape index (κ3) is 3.84. The van der Waals surface area contributed by atoms with Gasteiger partial charge in [-0.15, -0.1) is 0 Å². The minimum absolute atomic E-state index is 0.0691. The average Bonchev–Trinajstić information content (AvgIpc) is 3.30. The lowest BCUT2D eigenvalue weighted by atomic mass is 10.1. The van der Waals surface area contributed by atoms with Crippen LogP contribution in [-0.4, -0.2) is 31.1 Å². The summed E-state index contributed by atoms with van der Waals surface area (Å²) in [5.74, 6) is -1.92. The van der Waals surface area contributed by atoms with E-state index >= 15 is 0 Å². The summed E-state index contributed by atoms with van der Waals surface area (Å²) >= 11 is 0. The van der Waals surface area contributed by atoms with Gasteiger partial charge in [-0.05, 0) is 30.3 Å². The van der Waals surface area contributed by atoms with Gasteiger partial charge < -0.3 is 4.52 Å². The fourth-order valence-corrected chi connectivity index (χ4v) is 2.76. The Balaban J connectivity index is 1.82. The topological polar surface area (TPSA) is 69.6 Å². The first-order chi connectivity index (χ1) is 13.8. The van der Waals surface area contributed by atoms with Crippen molar-refractivity contribution in [2.45, 2.75) is 12.7 Å². The molecule has 0 aliphatic rings. The van der Waals surface area contributed by atoms with Crippen molar-refractivity contribution in [1.29, 1.82) is 0 Å². The highest BCUT2D eigenvalue weighted by Crippen LogP contribution is 2.34. The maximum absolute atomic E-state index is 14.0. The molecule has 0 fully saturated rings. The standard InChI is InChI=1S/C18H10F5N5O/c19-11-1-2-14(20)12(7-11)16-26-17(29-27-16)13-8-25-28(9-18(21,22)23)15(13)10-3-5-24-6-4-10/h1-8H,9H2. The minimum Gasteiger partial charge on any atom is -0.333 e. The maximum Gasteiger partial charge on any atom is 0.408 e. The smallest absolute Gasteiger partial charge is 0.333 e. The summed E-state index contributed by atoms with van der Waals surface area (Å²) in [6.07, 6.45) is -0.562. The van der Waals surface area contributed by atoms with Gasteiger partial charge in [-0.3, -0.25) is 9.67 Å². The van der Waals surface area contributed by atoms with E-state index in [1.54, 1.807) is 0 Å². The fourth-order valence-electron chi connectivity index (χ4n) is 2.76. The van der Waals surface area contributed by atoms with Crippen molar-refractivity contribution in [2.24, 2.45) is 0 Å². The van der Waals surface area contributed by atoms with E-state index in [1.807, 2.05) is 0 Å². The van der Waals surface area contributed by atoms with Gasteiger partial charge in [0.05, 0.1) is 23.0 Å². The zero-order valence-corrected chi connectivity index (χ0v) is 14.4. The summed E-state index contributed by atoms with van der Waals surface area (Å²) < 4.78 is 72.1. The van der Waals surface area contributed by atoms with E-state index in [-0.39, 0.29) is 28.5 Å². The fraction of sp³-hybridized carbons (Fsp3) is 0.111. The van der Waals surface area contributed by atoms with Gasteiger partial charge in [-0.2, -0.15) is 23.3 Å². The summed E-state index contributed by atoms with van der Waals surface area (Å²) in [4.78, 5) is 7.86. The van der Waals surface area contributed by atoms with Crippen LogP contribution in [0.5, 0.6) is 0 Å². The molecule has 0 aliphatic heterocycles. The Labute approximate surface area is 159 Å². The molecule has 1 aromatic carbocycles. The normalized spacial score (nSPS) is 11.8. The highest BCUT2D eigenvalue weighted by Gasteiger charge is 2.31. The minimum atomic E-state index is -4.52. The second-order valence-electron chi connectivity index (χ2n) is 5.96. The van der Waals surface area contributed by atoms with Crippen LogP contribution in [0.4, 0.5) is 22.0 Å². The van der Waals surface area contributed by atoms with E-state index in [9.17, 15) is 22.0 Å². The summed E-state index contributed by atoms with van der Waals surface area (Å²) in [7, 11) is 0. The zero-order valence-electron chi connectivity index (χ0n) is 14.4. The number of benzene rings is 1. The maximum atomic E-state index is 14.0. The van der Waals surface area contributed by atoms with Gasteiger partial charge in [-0.25, -0.2) is 8.78 Å². The molecular formula is C18H10F5N5O. The van der Waals surface area contributed by atoms with Crippen molar-refractivity contribution in [3.63, 3.8) is 0 Å². The number of hydrogen-bond donors (Lipinski definition) is 0. The molecule has 6 nitrogen and oxygen atoms in total. The van der Waals surface area contributed by atoms with Crippen LogP contribution in [0, 0.1) is 11.6 Å². The Hall–Kier alpha value is -3.63. The molecule has 0 saturated carbocycles. The number of aromatic nitrogens is 5. The summed E-state index contributed by atoms with van der Waals surface area (Å²) in [5, 5.41) is 7.40. The second-order valence-corrected chi connectivity index (χ2v) is 5.96. The summed E-state index contributed by atoms with van der Waals surface area (Å²) in [6, 6.07) is 5.72. The van der Waals surface area contributed by atoms with Crippen molar-refractivity contribution in [2.75, 3.05) is 0 Å². The van der Waals surface area contributed by atoms with Crippen LogP contribution in [0.15, 0.2) is 53.4 Å². The molecule has 3 aromatic heterocycles. The van der Waals surface area contributed by atoms with Crippen LogP contribution < -0.4 is 0 Å². The van der Waals surface area contributed by atoms with E-state index in [2.05, 4.69) is 20.2 Å². The molecule has 0 bridgehead atoms. The highest BCUT2D eigenvalue weighted by molar-refractivity contribution is 5.77. The van der Waals surface area contributed by atoms with Gasteiger partial charge in [0.2, 0.25) is 5.82 Å². The monoisotopic (exact) mass is 407 g/mol. The van der Waals surface area contributed by atoms with Crippen molar-refractivity contribution in [3.05, 3.63) is 60.6 Å². The van der Waals surface area contributed by atoms with Crippen molar-refractivity contribution >= 4 is 0 Å². The first-order valence-corrected chi connectivity index (χ1v) is 8.14. The van der Waals surface area contributed by atoms with Gasteiger partial charge >= 0.3 is 6.18 Å². The molecule has 0 amide bonds. The van der Waals surface area contributed by atoms with Crippen molar-refractivity contribution < 1.29 is 26.5 Å². The number of alkyl halides is 3. The Bertz CT molecular complexity index is 1150. The van der Waals surface area contributed by atoms with Crippen molar-refractivity contribution in [3.8, 4) is 34.1 Å². The largest absolute Gasteiger partial charge is 0.408 e. The Kier molecular flexibility index (Phi) is 4.57. The molecular weight excluding hydrogens is 397 g/mol. The van der Waals surface area contributed by atoms with Gasteiger partial charge in [0.1, 0.15) is 18.2 Å². The molecule has 0 saturated heterocycles. The molecule has 0 radical (unpaired) electrons. The van der Waals surface area contributed by atoms with E-state index < -0.39 is 24.4 Å². The number of halogens is 5. The van der Waals surface area contributed by atoms with Gasteiger partial charge in [-0.1, -0.05) is 5.16 Å². The molecule has 0 spiro atoms. The van der Waals surface area contributed by atoms with E-state index in [4.69, 9.17) is 4.52 Å². The lowest BCUT2D eigenvalue weighted by Crippen LogP contribution is -2.19. The average molecular weight is 407 g/mol. The Morgan fingerprint density at radius 1 is 1.00 bits per heavy atom. The molecule has 4 aromatic rings. The van der Waals surface area contributed by atoms with E-state index in [0.29, 0.717) is 5.56 Å². The SMILES string of the molecule is Fc1ccc(F)c(-c2noc(-c3cnn(CC(F)(F)F)c3-c3ccncc3)n2)c1. The van der Waals surface area contributed by atoms with Crippen LogP contribution in [-0.2, 0) is 6.54 Å². The second kappa shape index (κ2) is 7.08. The van der Waals surface area contributed by atoms with Crippen LogP contribution in [0.2, 0.25) is 0 Å².